The second kappa shape index (κ2) is 8.32. The predicted molar refractivity (Wildman–Crippen MR) is 121 cm³/mol. The first-order valence-electron chi connectivity index (χ1n) is 11.0. The Labute approximate surface area is 187 Å². The van der Waals surface area contributed by atoms with Crippen LogP contribution in [0.5, 0.6) is 0 Å². The van der Waals surface area contributed by atoms with Crippen LogP contribution in [0.1, 0.15) is 29.7 Å². The lowest BCUT2D eigenvalue weighted by Crippen LogP contribution is -2.51. The fourth-order valence-electron chi connectivity index (χ4n) is 4.39. The van der Waals surface area contributed by atoms with Crippen LogP contribution in [0.25, 0.3) is 11.1 Å². The van der Waals surface area contributed by atoms with E-state index in [0.717, 1.165) is 59.1 Å². The fraction of sp³-hybridized carbons (Fsp3) is 0.458. The van der Waals surface area contributed by atoms with Crippen LogP contribution >= 0.6 is 0 Å². The van der Waals surface area contributed by atoms with Gasteiger partial charge < -0.3 is 23.8 Å². The number of hydrogen-bond acceptors (Lipinski definition) is 6. The summed E-state index contributed by atoms with van der Waals surface area (Å²) in [5.41, 5.74) is 6.35. The minimum Gasteiger partial charge on any atom is -0.441 e. The quantitative estimate of drug-likeness (QED) is 0.692. The Bertz CT molecular complexity index is 1120. The molecular weight excluding hydrogens is 406 g/mol. The first-order chi connectivity index (χ1) is 15.5. The Morgan fingerprint density at radius 2 is 2.03 bits per heavy atom. The van der Waals surface area contributed by atoms with E-state index in [4.69, 9.17) is 14.5 Å². The smallest absolute Gasteiger partial charge is 0.410 e. The number of allylic oxidation sites excluding steroid dienone is 2. The maximum Gasteiger partial charge on any atom is 0.410 e. The second-order valence-electron chi connectivity index (χ2n) is 8.36. The molecular formula is C24H27N5O3. The average molecular weight is 434 g/mol. The molecule has 0 atom stereocenters. The number of fused-ring (bicyclic) bond motifs is 1. The molecule has 1 amide bonds. The van der Waals surface area contributed by atoms with E-state index in [1.54, 1.807) is 4.90 Å². The summed E-state index contributed by atoms with van der Waals surface area (Å²) >= 11 is 0. The number of hydrogen-bond donors (Lipinski definition) is 0. The lowest BCUT2D eigenvalue weighted by molar-refractivity contribution is -0.104. The van der Waals surface area contributed by atoms with Crippen LogP contribution in [0.2, 0.25) is 0 Å². The highest BCUT2D eigenvalue weighted by molar-refractivity contribution is 6.05. The minimum atomic E-state index is -0.247. The molecule has 0 radical (unpaired) electrons. The van der Waals surface area contributed by atoms with Crippen LogP contribution in [-0.2, 0) is 22.9 Å². The predicted octanol–water partition coefficient (Wildman–Crippen LogP) is 2.27. The van der Waals surface area contributed by atoms with Gasteiger partial charge in [-0.2, -0.15) is 0 Å². The fourth-order valence-corrected chi connectivity index (χ4v) is 4.39. The van der Waals surface area contributed by atoms with Crippen molar-refractivity contribution in [3.05, 3.63) is 41.2 Å². The number of piperazine rings is 1. The van der Waals surface area contributed by atoms with Crippen molar-refractivity contribution in [2.24, 2.45) is 7.05 Å². The van der Waals surface area contributed by atoms with Crippen molar-refractivity contribution in [1.82, 2.24) is 19.4 Å². The van der Waals surface area contributed by atoms with E-state index >= 15 is 0 Å². The van der Waals surface area contributed by atoms with Gasteiger partial charge in [-0.1, -0.05) is 5.92 Å². The maximum absolute atomic E-state index is 12.4. The van der Waals surface area contributed by atoms with Gasteiger partial charge in [0, 0.05) is 74.4 Å². The average Bonchev–Trinajstić information content (AvgIpc) is 3.30. The lowest BCUT2D eigenvalue weighted by atomic mass is 10.0. The molecule has 0 spiro atoms. The van der Waals surface area contributed by atoms with Crippen LogP contribution in [0.15, 0.2) is 18.5 Å². The largest absolute Gasteiger partial charge is 0.441 e. The van der Waals surface area contributed by atoms with Crippen LogP contribution < -0.4 is 4.90 Å². The number of aromatic nitrogens is 3. The number of pyridine rings is 1. The van der Waals surface area contributed by atoms with Gasteiger partial charge in [0.1, 0.15) is 5.82 Å². The number of amides is 1. The first-order valence-corrected chi connectivity index (χ1v) is 11.0. The summed E-state index contributed by atoms with van der Waals surface area (Å²) in [4.78, 5) is 25.9. The minimum absolute atomic E-state index is 0.0991. The molecule has 0 bridgehead atoms. The summed E-state index contributed by atoms with van der Waals surface area (Å²) in [6, 6.07) is 2.06. The van der Waals surface area contributed by atoms with Crippen LogP contribution in [0.3, 0.4) is 0 Å². The number of anilines is 1. The van der Waals surface area contributed by atoms with E-state index in [1.165, 1.54) is 0 Å². The van der Waals surface area contributed by atoms with Gasteiger partial charge in [0.15, 0.2) is 6.10 Å². The number of carbonyl (C=O) groups is 1. The molecule has 0 aromatic carbocycles. The van der Waals surface area contributed by atoms with Crippen molar-refractivity contribution in [2.45, 2.75) is 26.4 Å². The standard InChI is InChI=1S/C24H27N5O3/c1-4-5-18-19(21-13-27(3)16(2)26-21)12-20-23(18)22(6-7-25-20)28-8-10-29(11-9-28)24(30)32-17-14-31-15-17/h6-7,13,17H,8-12,14-15H2,1-3H3. The van der Waals surface area contributed by atoms with Crippen molar-refractivity contribution in [1.29, 1.82) is 0 Å². The lowest BCUT2D eigenvalue weighted by Gasteiger charge is -2.37. The zero-order valence-electron chi connectivity index (χ0n) is 18.7. The molecule has 0 N–H and O–H groups in total. The van der Waals surface area contributed by atoms with Crippen molar-refractivity contribution in [3.8, 4) is 11.8 Å². The number of ether oxygens (including phenoxy) is 2. The van der Waals surface area contributed by atoms with Gasteiger partial charge in [-0.15, -0.1) is 5.92 Å². The summed E-state index contributed by atoms with van der Waals surface area (Å²) in [5.74, 6) is 7.39. The molecule has 4 heterocycles. The summed E-state index contributed by atoms with van der Waals surface area (Å²) in [7, 11) is 2.01. The Kier molecular flexibility index (Phi) is 5.35. The monoisotopic (exact) mass is 433 g/mol. The van der Waals surface area contributed by atoms with Crippen LogP contribution in [0.4, 0.5) is 10.5 Å². The molecule has 2 aromatic heterocycles. The maximum atomic E-state index is 12.4. The van der Waals surface area contributed by atoms with Gasteiger partial charge in [-0.05, 0) is 19.9 Å². The third kappa shape index (κ3) is 3.63. The molecule has 8 heteroatoms. The highest BCUT2D eigenvalue weighted by Crippen LogP contribution is 2.42. The van der Waals surface area contributed by atoms with Gasteiger partial charge in [0.05, 0.1) is 24.6 Å². The Morgan fingerprint density at radius 3 is 2.66 bits per heavy atom. The molecule has 2 saturated heterocycles. The van der Waals surface area contributed by atoms with E-state index in [-0.39, 0.29) is 12.2 Å². The zero-order chi connectivity index (χ0) is 22.2. The molecule has 2 fully saturated rings. The summed E-state index contributed by atoms with van der Waals surface area (Å²) in [6.45, 7) is 7.57. The highest BCUT2D eigenvalue weighted by atomic mass is 16.6. The highest BCUT2D eigenvalue weighted by Gasteiger charge is 2.32. The molecule has 2 aromatic rings. The summed E-state index contributed by atoms with van der Waals surface area (Å²) in [5, 5.41) is 0. The number of carbonyl (C=O) groups excluding carboxylic acids is 1. The molecule has 32 heavy (non-hydrogen) atoms. The number of rotatable bonds is 3. The second-order valence-corrected chi connectivity index (χ2v) is 8.36. The first kappa shape index (κ1) is 20.6. The van der Waals surface area contributed by atoms with Crippen LogP contribution in [0, 0.1) is 18.8 Å². The van der Waals surface area contributed by atoms with Gasteiger partial charge in [0.2, 0.25) is 0 Å². The summed E-state index contributed by atoms with van der Waals surface area (Å²) in [6.07, 6.45) is 4.31. The molecule has 0 saturated carbocycles. The van der Waals surface area contributed by atoms with E-state index in [2.05, 4.69) is 34.0 Å². The van der Waals surface area contributed by atoms with Gasteiger partial charge in [0.25, 0.3) is 0 Å². The van der Waals surface area contributed by atoms with E-state index in [0.29, 0.717) is 26.3 Å². The molecule has 0 unspecified atom stereocenters. The normalized spacial score (nSPS) is 18.2. The van der Waals surface area contributed by atoms with Crippen molar-refractivity contribution in [3.63, 3.8) is 0 Å². The van der Waals surface area contributed by atoms with Crippen molar-refractivity contribution < 1.29 is 14.3 Å². The van der Waals surface area contributed by atoms with Crippen molar-refractivity contribution in [2.75, 3.05) is 44.3 Å². The van der Waals surface area contributed by atoms with E-state index in [1.807, 2.05) is 31.7 Å². The third-order valence-electron chi connectivity index (χ3n) is 6.32. The van der Waals surface area contributed by atoms with Gasteiger partial charge in [-0.25, -0.2) is 9.78 Å². The number of imidazole rings is 1. The molecule has 3 aliphatic rings. The molecule has 2 aliphatic heterocycles. The topological polar surface area (TPSA) is 72.7 Å². The molecule has 8 nitrogen and oxygen atoms in total. The van der Waals surface area contributed by atoms with Crippen LogP contribution in [-0.4, -0.2) is 71.0 Å². The summed E-state index contributed by atoms with van der Waals surface area (Å²) < 4.78 is 12.6. The van der Waals surface area contributed by atoms with Gasteiger partial charge >= 0.3 is 6.09 Å². The molecule has 5 rings (SSSR count). The number of aryl methyl sites for hydroxylation is 2. The SMILES string of the molecule is CC#CC1=C(c2cn(C)c(C)n2)Cc2nccc(N3CCN(C(=O)OC4COC4)CC3)c21. The Morgan fingerprint density at radius 1 is 1.25 bits per heavy atom. The Balaban J connectivity index is 1.40. The third-order valence-corrected chi connectivity index (χ3v) is 6.32. The Hall–Kier alpha value is -3.31. The van der Waals surface area contributed by atoms with E-state index < -0.39 is 0 Å². The molecule has 166 valence electrons. The van der Waals surface area contributed by atoms with E-state index in [9.17, 15) is 4.79 Å². The number of nitrogens with zero attached hydrogens (tertiary/aromatic N) is 5. The van der Waals surface area contributed by atoms with Crippen molar-refractivity contribution >= 4 is 22.9 Å². The van der Waals surface area contributed by atoms with Gasteiger partial charge in [-0.3, -0.25) is 4.98 Å². The zero-order valence-corrected chi connectivity index (χ0v) is 18.7. The molecule has 1 aliphatic carbocycles.